The molecule has 0 saturated heterocycles. The molecule has 0 aliphatic carbocycles. The zero-order chi connectivity index (χ0) is 7.68. The Morgan fingerprint density at radius 1 is 1.45 bits per heavy atom. The van der Waals surface area contributed by atoms with Gasteiger partial charge in [0, 0.05) is 0 Å². The first-order chi connectivity index (χ1) is 5.40. The van der Waals surface area contributed by atoms with Gasteiger partial charge in [-0.15, -0.1) is 0 Å². The summed E-state index contributed by atoms with van der Waals surface area (Å²) in [6.45, 7) is 2.30. The van der Waals surface area contributed by atoms with Gasteiger partial charge in [-0.05, 0) is 0 Å². The molecule has 1 heteroatoms. The molecule has 1 atom stereocenters. The maximum atomic E-state index is 2.30. The summed E-state index contributed by atoms with van der Waals surface area (Å²) in [5.41, 5.74) is 1.61. The number of hydrogen-bond acceptors (Lipinski definition) is 0. The quantitative estimate of drug-likeness (QED) is 0.621. The van der Waals surface area contributed by atoms with Gasteiger partial charge < -0.3 is 0 Å². The Labute approximate surface area is 74.2 Å². The van der Waals surface area contributed by atoms with Gasteiger partial charge in [-0.2, -0.15) is 0 Å². The third-order valence-corrected chi connectivity index (χ3v) is 5.29. The van der Waals surface area contributed by atoms with E-state index in [1.165, 1.54) is 12.8 Å². The van der Waals surface area contributed by atoms with Gasteiger partial charge in [-0.25, -0.2) is 0 Å². The third-order valence-electron chi connectivity index (χ3n) is 2.17. The average Bonchev–Trinajstić information content (AvgIpc) is 2.46. The second-order valence-electron chi connectivity index (χ2n) is 2.96. The first kappa shape index (κ1) is 7.39. The van der Waals surface area contributed by atoms with Crippen molar-refractivity contribution in [2.75, 3.05) is 0 Å². The third kappa shape index (κ3) is 1.36. The number of hydrogen-bond donors (Lipinski definition) is 0. The summed E-state index contributed by atoms with van der Waals surface area (Å²) in [5, 5.41) is 0. The summed E-state index contributed by atoms with van der Waals surface area (Å²) in [6, 6.07) is 8.91. The normalized spacial score (nSPS) is 21.7. The molecule has 0 amide bonds. The zero-order valence-corrected chi connectivity index (χ0v) is 8.42. The Morgan fingerprint density at radius 2 is 2.27 bits per heavy atom. The zero-order valence-electron chi connectivity index (χ0n) is 6.71. The molecule has 1 aromatic rings. The SMILES string of the molecule is CCC1Cc2ccccc2[Se]1. The Bertz CT molecular complexity index is 230. The average molecular weight is 211 g/mol. The van der Waals surface area contributed by atoms with Crippen LogP contribution in [0.2, 0.25) is 4.82 Å². The van der Waals surface area contributed by atoms with Crippen LogP contribution in [0.1, 0.15) is 18.9 Å². The molecule has 58 valence electrons. The van der Waals surface area contributed by atoms with E-state index >= 15 is 0 Å². The Hall–Kier alpha value is -0.261. The summed E-state index contributed by atoms with van der Waals surface area (Å²) in [5.74, 6) is 0. The molecule has 1 heterocycles. The fourth-order valence-electron chi connectivity index (χ4n) is 1.48. The molecule has 1 aromatic carbocycles. The van der Waals surface area contributed by atoms with Gasteiger partial charge in [-0.1, -0.05) is 0 Å². The van der Waals surface area contributed by atoms with Crippen molar-refractivity contribution in [3.63, 3.8) is 0 Å². The van der Waals surface area contributed by atoms with Crippen molar-refractivity contribution in [3.05, 3.63) is 29.8 Å². The molecule has 0 bridgehead atoms. The molecule has 0 fully saturated rings. The van der Waals surface area contributed by atoms with E-state index in [-0.39, 0.29) is 0 Å². The van der Waals surface area contributed by atoms with Crippen molar-refractivity contribution in [1.82, 2.24) is 0 Å². The van der Waals surface area contributed by atoms with Gasteiger partial charge in [0.25, 0.3) is 0 Å². The summed E-state index contributed by atoms with van der Waals surface area (Å²) in [4.78, 5) is 0.986. The van der Waals surface area contributed by atoms with Crippen molar-refractivity contribution < 1.29 is 0 Å². The summed E-state index contributed by atoms with van der Waals surface area (Å²) < 4.78 is 1.65. The molecule has 0 spiro atoms. The molecule has 1 aliphatic heterocycles. The molecule has 1 aliphatic rings. The number of fused-ring (bicyclic) bond motifs is 1. The number of benzene rings is 1. The van der Waals surface area contributed by atoms with Crippen LogP contribution >= 0.6 is 0 Å². The van der Waals surface area contributed by atoms with Crippen molar-refractivity contribution in [2.24, 2.45) is 0 Å². The van der Waals surface area contributed by atoms with E-state index in [1.54, 1.807) is 10.0 Å². The summed E-state index contributed by atoms with van der Waals surface area (Å²) >= 11 is 0.769. The van der Waals surface area contributed by atoms with Gasteiger partial charge in [0.2, 0.25) is 0 Å². The molecular weight excluding hydrogens is 199 g/mol. The Kier molecular flexibility index (Phi) is 2.02. The molecule has 1 unspecified atom stereocenters. The van der Waals surface area contributed by atoms with Crippen LogP contribution in [-0.2, 0) is 6.42 Å². The predicted molar refractivity (Wildman–Crippen MR) is 49.6 cm³/mol. The van der Waals surface area contributed by atoms with Crippen LogP contribution in [0.3, 0.4) is 0 Å². The minimum absolute atomic E-state index is 0.769. The van der Waals surface area contributed by atoms with Crippen molar-refractivity contribution in [3.8, 4) is 0 Å². The minimum atomic E-state index is 0.769. The van der Waals surface area contributed by atoms with Crippen LogP contribution in [0.15, 0.2) is 24.3 Å². The molecule has 2 rings (SSSR count). The van der Waals surface area contributed by atoms with Crippen LogP contribution in [0.5, 0.6) is 0 Å². The molecule has 11 heavy (non-hydrogen) atoms. The van der Waals surface area contributed by atoms with Crippen molar-refractivity contribution in [2.45, 2.75) is 24.6 Å². The fourth-order valence-corrected chi connectivity index (χ4v) is 4.10. The maximum absolute atomic E-state index is 2.30. The van der Waals surface area contributed by atoms with Gasteiger partial charge in [0.1, 0.15) is 0 Å². The number of rotatable bonds is 1. The van der Waals surface area contributed by atoms with Crippen LogP contribution in [-0.4, -0.2) is 15.0 Å². The van der Waals surface area contributed by atoms with E-state index in [2.05, 4.69) is 31.2 Å². The van der Waals surface area contributed by atoms with Crippen molar-refractivity contribution >= 4 is 19.4 Å². The van der Waals surface area contributed by atoms with E-state index in [0.717, 1.165) is 19.8 Å². The van der Waals surface area contributed by atoms with Crippen LogP contribution in [0.25, 0.3) is 0 Å². The van der Waals surface area contributed by atoms with E-state index < -0.39 is 0 Å². The topological polar surface area (TPSA) is 0 Å². The fraction of sp³-hybridized carbons (Fsp3) is 0.400. The molecular formula is C10H12Se. The molecule has 0 N–H and O–H groups in total. The second kappa shape index (κ2) is 3.00. The monoisotopic (exact) mass is 212 g/mol. The van der Waals surface area contributed by atoms with Gasteiger partial charge >= 0.3 is 73.8 Å². The Balaban J connectivity index is 2.27. The second-order valence-corrected chi connectivity index (χ2v) is 5.78. The van der Waals surface area contributed by atoms with Gasteiger partial charge in [0.05, 0.1) is 0 Å². The van der Waals surface area contributed by atoms with Crippen LogP contribution < -0.4 is 4.46 Å². The molecule has 0 nitrogen and oxygen atoms in total. The Morgan fingerprint density at radius 3 is 3.00 bits per heavy atom. The van der Waals surface area contributed by atoms with Crippen LogP contribution in [0.4, 0.5) is 0 Å². The standard InChI is InChI=1S/C10H12Se/c1-2-9-7-8-5-3-4-6-10(8)11-9/h3-6,9H,2,7H2,1H3. The van der Waals surface area contributed by atoms with Crippen molar-refractivity contribution in [1.29, 1.82) is 0 Å². The molecule has 0 radical (unpaired) electrons. The van der Waals surface area contributed by atoms with E-state index in [0.29, 0.717) is 0 Å². The first-order valence-electron chi connectivity index (χ1n) is 4.14. The van der Waals surface area contributed by atoms with E-state index in [4.69, 9.17) is 0 Å². The first-order valence-corrected chi connectivity index (χ1v) is 5.99. The van der Waals surface area contributed by atoms with Crippen LogP contribution in [0, 0.1) is 0 Å². The van der Waals surface area contributed by atoms with E-state index in [9.17, 15) is 0 Å². The summed E-state index contributed by atoms with van der Waals surface area (Å²) in [6.07, 6.45) is 2.70. The molecule has 0 aromatic heterocycles. The summed E-state index contributed by atoms with van der Waals surface area (Å²) in [7, 11) is 0. The van der Waals surface area contributed by atoms with Gasteiger partial charge in [0.15, 0.2) is 0 Å². The van der Waals surface area contributed by atoms with E-state index in [1.807, 2.05) is 0 Å². The molecule has 0 saturated carbocycles. The predicted octanol–water partition coefficient (Wildman–Crippen LogP) is 1.77. The van der Waals surface area contributed by atoms with Gasteiger partial charge in [-0.3, -0.25) is 0 Å².